The summed E-state index contributed by atoms with van der Waals surface area (Å²) in [4.78, 5) is 30.2. The molecule has 1 saturated carbocycles. The van der Waals surface area contributed by atoms with Gasteiger partial charge in [0, 0.05) is 44.3 Å². The Bertz CT molecular complexity index is 1030. The van der Waals surface area contributed by atoms with Gasteiger partial charge in [0.25, 0.3) is 5.91 Å². The first-order valence-electron chi connectivity index (χ1n) is 12.6. The minimum absolute atomic E-state index is 0.225. The monoisotopic (exact) mass is 478 g/mol. The van der Waals surface area contributed by atoms with Crippen molar-refractivity contribution < 1.29 is 14.3 Å². The van der Waals surface area contributed by atoms with Crippen LogP contribution in [0.5, 0.6) is 0 Å². The average Bonchev–Trinajstić information content (AvgIpc) is 3.60. The molecule has 2 aliphatic rings. The van der Waals surface area contributed by atoms with Gasteiger partial charge in [0.2, 0.25) is 0 Å². The number of carbonyl (C=O) groups excluding carboxylic acids is 2. The van der Waals surface area contributed by atoms with Gasteiger partial charge in [-0.25, -0.2) is 4.79 Å². The Hall–Kier alpha value is -2.90. The van der Waals surface area contributed by atoms with Gasteiger partial charge in [0.05, 0.1) is 11.4 Å². The highest BCUT2D eigenvalue weighted by Crippen LogP contribution is 2.31. The van der Waals surface area contributed by atoms with E-state index in [0.717, 1.165) is 32.1 Å². The van der Waals surface area contributed by atoms with Crippen molar-refractivity contribution in [3.05, 3.63) is 59.7 Å². The van der Waals surface area contributed by atoms with Gasteiger partial charge in [-0.05, 0) is 76.3 Å². The van der Waals surface area contributed by atoms with Crippen molar-refractivity contribution in [2.24, 2.45) is 5.92 Å². The van der Waals surface area contributed by atoms with Gasteiger partial charge in [-0.2, -0.15) is 0 Å². The van der Waals surface area contributed by atoms with Crippen LogP contribution in [0.3, 0.4) is 0 Å². The third-order valence-electron chi connectivity index (χ3n) is 6.47. The normalized spacial score (nSPS) is 19.3. The van der Waals surface area contributed by atoms with E-state index in [4.69, 9.17) is 4.74 Å². The first-order chi connectivity index (χ1) is 16.7. The number of nitrogens with zero attached hydrogens (tertiary/aromatic N) is 2. The number of para-hydroxylation sites is 2. The summed E-state index contributed by atoms with van der Waals surface area (Å²) in [6.07, 6.45) is 2.24. The molecule has 1 saturated heterocycles. The predicted molar refractivity (Wildman–Crippen MR) is 140 cm³/mol. The van der Waals surface area contributed by atoms with Gasteiger partial charge < -0.3 is 10.1 Å². The fourth-order valence-corrected chi connectivity index (χ4v) is 4.45. The average molecular weight is 479 g/mol. The minimum atomic E-state index is -0.605. The third kappa shape index (κ3) is 7.54. The van der Waals surface area contributed by atoms with Crippen LogP contribution in [0.1, 0.15) is 56.5 Å². The number of rotatable bonds is 7. The molecule has 1 heterocycles. The fourth-order valence-electron chi connectivity index (χ4n) is 4.45. The molecule has 2 aromatic carbocycles. The van der Waals surface area contributed by atoms with Crippen molar-refractivity contribution in [1.82, 2.24) is 9.80 Å². The van der Waals surface area contributed by atoms with Gasteiger partial charge in [0.1, 0.15) is 5.60 Å². The highest BCUT2D eigenvalue weighted by Gasteiger charge is 2.30. The molecule has 2 aromatic rings. The Morgan fingerprint density at radius 3 is 2.23 bits per heavy atom. The second kappa shape index (κ2) is 10.8. The van der Waals surface area contributed by atoms with Crippen molar-refractivity contribution in [3.63, 3.8) is 0 Å². The number of benzene rings is 2. The van der Waals surface area contributed by atoms with Crippen LogP contribution in [0.15, 0.2) is 48.5 Å². The molecule has 1 aliphatic carbocycles. The number of hydrogen-bond donors (Lipinski definition) is 2. The minimum Gasteiger partial charge on any atom is -0.444 e. The van der Waals surface area contributed by atoms with Gasteiger partial charge >= 0.3 is 6.09 Å². The number of carbonyl (C=O) groups is 2. The Morgan fingerprint density at radius 2 is 1.63 bits per heavy atom. The van der Waals surface area contributed by atoms with Gasteiger partial charge in [-0.3, -0.25) is 19.9 Å². The lowest BCUT2D eigenvalue weighted by Crippen LogP contribution is -2.51. The number of ether oxygens (including phenoxy) is 1. The zero-order chi connectivity index (χ0) is 25.0. The highest BCUT2D eigenvalue weighted by atomic mass is 16.6. The van der Waals surface area contributed by atoms with E-state index in [1.165, 1.54) is 24.9 Å². The van der Waals surface area contributed by atoms with E-state index in [2.05, 4.69) is 27.4 Å². The summed E-state index contributed by atoms with van der Waals surface area (Å²) in [5.74, 6) is 0.708. The van der Waals surface area contributed by atoms with Crippen molar-refractivity contribution in [3.8, 4) is 0 Å². The number of anilines is 2. The molecule has 0 unspecified atom stereocenters. The summed E-state index contributed by atoms with van der Waals surface area (Å²) in [6, 6.07) is 15.5. The van der Waals surface area contributed by atoms with Crippen molar-refractivity contribution in [2.75, 3.05) is 36.8 Å². The van der Waals surface area contributed by atoms with Crippen LogP contribution in [0.4, 0.5) is 16.2 Å². The maximum absolute atomic E-state index is 12.9. The van der Waals surface area contributed by atoms with E-state index in [1.54, 1.807) is 39.0 Å². The van der Waals surface area contributed by atoms with Crippen molar-refractivity contribution in [1.29, 1.82) is 0 Å². The smallest absolute Gasteiger partial charge is 0.412 e. The molecule has 1 atom stereocenters. The van der Waals surface area contributed by atoms with E-state index in [1.807, 2.05) is 30.3 Å². The molecule has 7 heteroatoms. The lowest BCUT2D eigenvalue weighted by Gasteiger charge is -2.40. The SMILES string of the molecule is C[C@@H]1CN(Cc2ccc(C(=O)Nc3ccccc3NC(=O)OC(C)(C)C)cc2)CCN1CC1CC1. The molecule has 35 heavy (non-hydrogen) atoms. The third-order valence-corrected chi connectivity index (χ3v) is 6.47. The second-order valence-corrected chi connectivity index (χ2v) is 10.8. The van der Waals surface area contributed by atoms with Gasteiger partial charge in [0.15, 0.2) is 0 Å². The Morgan fingerprint density at radius 1 is 0.971 bits per heavy atom. The molecule has 0 aromatic heterocycles. The maximum atomic E-state index is 12.9. The van der Waals surface area contributed by atoms with Crippen LogP contribution in [-0.2, 0) is 11.3 Å². The zero-order valence-electron chi connectivity index (χ0n) is 21.3. The number of nitrogens with one attached hydrogen (secondary N) is 2. The summed E-state index contributed by atoms with van der Waals surface area (Å²) in [5, 5.41) is 5.62. The lowest BCUT2D eigenvalue weighted by atomic mass is 10.1. The Balaban J connectivity index is 1.31. The zero-order valence-corrected chi connectivity index (χ0v) is 21.3. The Kier molecular flexibility index (Phi) is 7.77. The molecule has 0 spiro atoms. The van der Waals surface area contributed by atoms with Crippen molar-refractivity contribution >= 4 is 23.4 Å². The second-order valence-electron chi connectivity index (χ2n) is 10.8. The number of piperazine rings is 1. The van der Waals surface area contributed by atoms with Crippen LogP contribution >= 0.6 is 0 Å². The van der Waals surface area contributed by atoms with E-state index in [-0.39, 0.29) is 5.91 Å². The van der Waals surface area contributed by atoms with Crippen LogP contribution in [0, 0.1) is 5.92 Å². The first kappa shape index (κ1) is 25.2. The molecule has 2 fully saturated rings. The van der Waals surface area contributed by atoms with Gasteiger partial charge in [-0.1, -0.05) is 24.3 Å². The summed E-state index contributed by atoms with van der Waals surface area (Å²) >= 11 is 0. The van der Waals surface area contributed by atoms with E-state index in [0.29, 0.717) is 23.0 Å². The summed E-state index contributed by atoms with van der Waals surface area (Å²) in [6.45, 7) is 13.2. The molecular weight excluding hydrogens is 440 g/mol. The van der Waals surface area contributed by atoms with Crippen LogP contribution < -0.4 is 10.6 Å². The van der Waals surface area contributed by atoms with E-state index >= 15 is 0 Å². The van der Waals surface area contributed by atoms with Crippen molar-refractivity contribution in [2.45, 2.75) is 58.7 Å². The van der Waals surface area contributed by atoms with E-state index in [9.17, 15) is 9.59 Å². The Labute approximate surface area is 208 Å². The standard InChI is InChI=1S/C28H38N4O3/c1-20-17-31(15-16-32(20)19-22-9-10-22)18-21-11-13-23(14-12-21)26(33)29-24-7-5-6-8-25(24)30-27(34)35-28(2,3)4/h5-8,11-14,20,22H,9-10,15-19H2,1-4H3,(H,29,33)(H,30,34)/t20-/m1/s1. The van der Waals surface area contributed by atoms with Gasteiger partial charge in [-0.15, -0.1) is 0 Å². The molecule has 4 rings (SSSR count). The molecule has 1 aliphatic heterocycles. The molecule has 188 valence electrons. The van der Waals surface area contributed by atoms with Crippen LogP contribution in [0.2, 0.25) is 0 Å². The molecular formula is C28H38N4O3. The molecule has 7 nitrogen and oxygen atoms in total. The summed E-state index contributed by atoms with van der Waals surface area (Å²) in [5.41, 5.74) is 2.18. The largest absolute Gasteiger partial charge is 0.444 e. The molecule has 0 radical (unpaired) electrons. The summed E-state index contributed by atoms with van der Waals surface area (Å²) < 4.78 is 5.32. The molecule has 0 bridgehead atoms. The maximum Gasteiger partial charge on any atom is 0.412 e. The number of amides is 2. The van der Waals surface area contributed by atoms with Crippen LogP contribution in [-0.4, -0.2) is 59.6 Å². The van der Waals surface area contributed by atoms with Crippen LogP contribution in [0.25, 0.3) is 0 Å². The van der Waals surface area contributed by atoms with E-state index < -0.39 is 11.7 Å². The first-order valence-corrected chi connectivity index (χ1v) is 12.6. The quantitative estimate of drug-likeness (QED) is 0.572. The molecule has 2 amide bonds. The fraction of sp³-hybridized carbons (Fsp3) is 0.500. The topological polar surface area (TPSA) is 73.9 Å². The number of hydrogen-bond acceptors (Lipinski definition) is 5. The summed E-state index contributed by atoms with van der Waals surface area (Å²) in [7, 11) is 0. The molecule has 2 N–H and O–H groups in total. The highest BCUT2D eigenvalue weighted by molar-refractivity contribution is 6.06. The lowest BCUT2D eigenvalue weighted by molar-refractivity contribution is 0.0635. The predicted octanol–water partition coefficient (Wildman–Crippen LogP) is 5.20.